The molecule has 0 aliphatic rings. The van der Waals surface area contributed by atoms with Crippen LogP contribution in [-0.2, 0) is 9.09 Å². The van der Waals surface area contributed by atoms with Gasteiger partial charge < -0.3 is 9.79 Å². The van der Waals surface area contributed by atoms with Crippen LogP contribution < -0.4 is 0 Å². The van der Waals surface area contributed by atoms with E-state index in [0.29, 0.717) is 0 Å². The molecule has 0 aliphatic heterocycles. The van der Waals surface area contributed by atoms with Crippen LogP contribution in [0.15, 0.2) is 0 Å². The molecule has 0 heterocycles. The number of phosphoric ester groups is 1. The highest BCUT2D eigenvalue weighted by atomic mass is 31.2. The standard InChI is InChI=1S/C11H18F7O4P/c1-3-5-8(6-4-2,22-23(19,20)21)7-9(12,13)10(14,15)11(16,17)18/h3-7H2,1-2H3,(H2,19,20,21). The molecule has 2 N–H and O–H groups in total. The molecule has 140 valence electrons. The Labute approximate surface area is 128 Å². The monoisotopic (exact) mass is 378 g/mol. The second kappa shape index (κ2) is 7.25. The van der Waals surface area contributed by atoms with Crippen molar-refractivity contribution in [2.24, 2.45) is 0 Å². The van der Waals surface area contributed by atoms with Gasteiger partial charge in [0.2, 0.25) is 0 Å². The van der Waals surface area contributed by atoms with E-state index in [2.05, 4.69) is 4.52 Å². The topological polar surface area (TPSA) is 66.8 Å². The van der Waals surface area contributed by atoms with Gasteiger partial charge in [0.25, 0.3) is 0 Å². The normalized spacial score (nSPS) is 15.1. The van der Waals surface area contributed by atoms with Gasteiger partial charge in [0.1, 0.15) is 0 Å². The maximum absolute atomic E-state index is 13.6. The van der Waals surface area contributed by atoms with Crippen molar-refractivity contribution in [3.05, 3.63) is 0 Å². The van der Waals surface area contributed by atoms with Crippen molar-refractivity contribution >= 4 is 7.82 Å². The lowest BCUT2D eigenvalue weighted by Gasteiger charge is -2.38. The average Bonchev–Trinajstić information content (AvgIpc) is 2.24. The van der Waals surface area contributed by atoms with E-state index in [1.807, 2.05) is 0 Å². The Morgan fingerprint density at radius 2 is 1.30 bits per heavy atom. The first-order valence-electron chi connectivity index (χ1n) is 6.62. The van der Waals surface area contributed by atoms with Crippen molar-refractivity contribution < 1.29 is 49.6 Å². The molecule has 0 unspecified atom stereocenters. The summed E-state index contributed by atoms with van der Waals surface area (Å²) in [7, 11) is -5.39. The maximum atomic E-state index is 13.6. The van der Waals surface area contributed by atoms with E-state index in [4.69, 9.17) is 9.79 Å². The summed E-state index contributed by atoms with van der Waals surface area (Å²) in [5.74, 6) is -11.9. The fraction of sp³-hybridized carbons (Fsp3) is 1.00. The van der Waals surface area contributed by atoms with Gasteiger partial charge in [-0.3, -0.25) is 4.52 Å². The first-order valence-corrected chi connectivity index (χ1v) is 8.15. The fourth-order valence-corrected chi connectivity index (χ4v) is 3.06. The van der Waals surface area contributed by atoms with Crippen molar-refractivity contribution in [2.75, 3.05) is 0 Å². The third-order valence-corrected chi connectivity index (χ3v) is 3.71. The predicted octanol–water partition coefficient (Wildman–Crippen LogP) is 4.66. The number of phosphoric acid groups is 1. The van der Waals surface area contributed by atoms with E-state index in [1.165, 1.54) is 13.8 Å². The minimum absolute atomic E-state index is 0.0202. The van der Waals surface area contributed by atoms with Crippen molar-refractivity contribution in [1.82, 2.24) is 0 Å². The van der Waals surface area contributed by atoms with Crippen LogP contribution in [0.5, 0.6) is 0 Å². The summed E-state index contributed by atoms with van der Waals surface area (Å²) in [4.78, 5) is 17.6. The molecule has 0 bridgehead atoms. The summed E-state index contributed by atoms with van der Waals surface area (Å²) in [6.07, 6.45) is -9.76. The molecule has 0 rings (SSSR count). The average molecular weight is 378 g/mol. The van der Waals surface area contributed by atoms with Gasteiger partial charge in [0, 0.05) is 6.42 Å². The smallest absolute Gasteiger partial charge is 0.303 e. The Kier molecular flexibility index (Phi) is 7.13. The van der Waals surface area contributed by atoms with Gasteiger partial charge in [0.15, 0.2) is 0 Å². The molecule has 0 aromatic heterocycles. The van der Waals surface area contributed by atoms with Crippen molar-refractivity contribution in [3.8, 4) is 0 Å². The number of hydrogen-bond donors (Lipinski definition) is 2. The molecule has 0 atom stereocenters. The highest BCUT2D eigenvalue weighted by Gasteiger charge is 2.74. The van der Waals surface area contributed by atoms with Gasteiger partial charge in [-0.05, 0) is 12.8 Å². The summed E-state index contributed by atoms with van der Waals surface area (Å²) >= 11 is 0. The summed E-state index contributed by atoms with van der Waals surface area (Å²) in [6, 6.07) is 0. The maximum Gasteiger partial charge on any atom is 0.470 e. The number of rotatable bonds is 9. The third-order valence-electron chi connectivity index (χ3n) is 3.08. The minimum atomic E-state index is -6.51. The molecule has 0 saturated carbocycles. The molecule has 23 heavy (non-hydrogen) atoms. The predicted molar refractivity (Wildman–Crippen MR) is 66.2 cm³/mol. The van der Waals surface area contributed by atoms with Crippen LogP contribution in [0.25, 0.3) is 0 Å². The quantitative estimate of drug-likeness (QED) is 0.453. The van der Waals surface area contributed by atoms with Crippen molar-refractivity contribution in [3.63, 3.8) is 0 Å². The van der Waals surface area contributed by atoms with Gasteiger partial charge in [-0.1, -0.05) is 26.7 Å². The zero-order chi connectivity index (χ0) is 18.7. The molecule has 0 amide bonds. The fourth-order valence-electron chi connectivity index (χ4n) is 2.31. The van der Waals surface area contributed by atoms with Gasteiger partial charge in [-0.15, -0.1) is 0 Å². The van der Waals surface area contributed by atoms with E-state index in [0.717, 1.165) is 0 Å². The lowest BCUT2D eigenvalue weighted by molar-refractivity contribution is -0.361. The molecule has 0 saturated heterocycles. The zero-order valence-electron chi connectivity index (χ0n) is 12.3. The van der Waals surface area contributed by atoms with Gasteiger partial charge in [-0.2, -0.15) is 30.7 Å². The third kappa shape index (κ3) is 5.88. The Morgan fingerprint density at radius 3 is 1.57 bits per heavy atom. The molecule has 0 fully saturated rings. The minimum Gasteiger partial charge on any atom is -0.303 e. The van der Waals surface area contributed by atoms with Crippen LogP contribution in [0.2, 0.25) is 0 Å². The number of halogens is 7. The molecule has 0 aromatic carbocycles. The summed E-state index contributed by atoms with van der Waals surface area (Å²) in [5.41, 5.74) is -2.50. The highest BCUT2D eigenvalue weighted by molar-refractivity contribution is 7.46. The first kappa shape index (κ1) is 22.6. The molecular formula is C11H18F7O4P. The molecular weight excluding hydrogens is 360 g/mol. The van der Waals surface area contributed by atoms with Crippen molar-refractivity contribution in [2.45, 2.75) is 69.6 Å². The van der Waals surface area contributed by atoms with Crippen LogP contribution in [0.4, 0.5) is 30.7 Å². The second-order valence-electron chi connectivity index (χ2n) is 5.22. The summed E-state index contributed by atoms with van der Waals surface area (Å²) < 4.78 is 105. The molecule has 4 nitrogen and oxygen atoms in total. The largest absolute Gasteiger partial charge is 0.470 e. The zero-order valence-corrected chi connectivity index (χ0v) is 13.2. The van der Waals surface area contributed by atoms with Crippen LogP contribution in [0.1, 0.15) is 46.0 Å². The van der Waals surface area contributed by atoms with Gasteiger partial charge in [-0.25, -0.2) is 4.57 Å². The number of alkyl halides is 7. The Morgan fingerprint density at radius 1 is 0.913 bits per heavy atom. The molecule has 0 radical (unpaired) electrons. The first-order chi connectivity index (χ1) is 10.0. The molecule has 0 spiro atoms. The van der Waals surface area contributed by atoms with Gasteiger partial charge >= 0.3 is 25.8 Å². The van der Waals surface area contributed by atoms with Crippen LogP contribution in [0, 0.1) is 0 Å². The van der Waals surface area contributed by atoms with E-state index in [9.17, 15) is 35.3 Å². The van der Waals surface area contributed by atoms with Crippen LogP contribution in [0.3, 0.4) is 0 Å². The Hall–Kier alpha value is -0.380. The SMILES string of the molecule is CCCC(CCC)(CC(F)(F)C(F)(F)C(F)(F)F)OP(=O)(O)O. The van der Waals surface area contributed by atoms with E-state index < -0.39 is 50.7 Å². The van der Waals surface area contributed by atoms with Crippen LogP contribution >= 0.6 is 7.82 Å². The lowest BCUT2D eigenvalue weighted by Crippen LogP contribution is -2.55. The van der Waals surface area contributed by atoms with E-state index >= 15 is 0 Å². The molecule has 0 aromatic rings. The molecule has 0 aliphatic carbocycles. The summed E-state index contributed by atoms with van der Waals surface area (Å²) in [6.45, 7) is 2.76. The van der Waals surface area contributed by atoms with Crippen LogP contribution in [-0.4, -0.2) is 33.4 Å². The highest BCUT2D eigenvalue weighted by Crippen LogP contribution is 2.54. The molecule has 12 heteroatoms. The Balaban J connectivity index is 5.80. The summed E-state index contributed by atoms with van der Waals surface area (Å²) in [5, 5.41) is 0. The Bertz CT molecular complexity index is 427. The van der Waals surface area contributed by atoms with E-state index in [-0.39, 0.29) is 12.8 Å². The van der Waals surface area contributed by atoms with Crippen molar-refractivity contribution in [1.29, 1.82) is 0 Å². The van der Waals surface area contributed by atoms with Gasteiger partial charge in [0.05, 0.1) is 5.60 Å². The number of hydrogen-bond acceptors (Lipinski definition) is 2. The lowest BCUT2D eigenvalue weighted by atomic mass is 9.85. The second-order valence-corrected chi connectivity index (χ2v) is 6.38. The van der Waals surface area contributed by atoms with E-state index in [1.54, 1.807) is 0 Å².